The Kier molecular flexibility index (Phi) is 4.16. The van der Waals surface area contributed by atoms with Gasteiger partial charge in [-0.3, -0.25) is 4.79 Å². The maximum atomic E-state index is 11.3. The zero-order chi connectivity index (χ0) is 11.3. The fourth-order valence-corrected chi connectivity index (χ4v) is 1.62. The Morgan fingerprint density at radius 2 is 2.27 bits per heavy atom. The number of rotatable bonds is 5. The van der Waals surface area contributed by atoms with Crippen molar-refractivity contribution in [2.24, 2.45) is 5.73 Å². The van der Waals surface area contributed by atoms with Gasteiger partial charge in [0.2, 0.25) is 5.91 Å². The van der Waals surface area contributed by atoms with Crippen molar-refractivity contribution in [1.82, 2.24) is 0 Å². The van der Waals surface area contributed by atoms with E-state index in [1.807, 2.05) is 31.2 Å². The first kappa shape index (κ1) is 11.6. The Labute approximate surface area is 90.2 Å². The van der Waals surface area contributed by atoms with Gasteiger partial charge in [0.15, 0.2) is 0 Å². The molecule has 0 spiro atoms. The summed E-state index contributed by atoms with van der Waals surface area (Å²) in [7, 11) is 1.61. The van der Waals surface area contributed by atoms with Crippen LogP contribution in [0.25, 0.3) is 0 Å². The van der Waals surface area contributed by atoms with Crippen molar-refractivity contribution >= 4 is 5.91 Å². The van der Waals surface area contributed by atoms with Crippen molar-refractivity contribution in [1.29, 1.82) is 0 Å². The Morgan fingerprint density at radius 3 is 2.80 bits per heavy atom. The molecule has 1 amide bonds. The van der Waals surface area contributed by atoms with Crippen molar-refractivity contribution < 1.29 is 9.53 Å². The zero-order valence-corrected chi connectivity index (χ0v) is 9.19. The van der Waals surface area contributed by atoms with E-state index in [4.69, 9.17) is 10.5 Å². The summed E-state index contributed by atoms with van der Waals surface area (Å²) < 4.78 is 5.11. The molecule has 1 rings (SSSR count). The van der Waals surface area contributed by atoms with Gasteiger partial charge in [0.1, 0.15) is 5.75 Å². The summed E-state index contributed by atoms with van der Waals surface area (Å²) in [5.74, 6) is 0.282. The first-order chi connectivity index (χ1) is 7.19. The lowest BCUT2D eigenvalue weighted by Crippen LogP contribution is -2.21. The molecule has 0 radical (unpaired) electrons. The van der Waals surface area contributed by atoms with E-state index in [1.165, 1.54) is 0 Å². The predicted octanol–water partition coefficient (Wildman–Crippen LogP) is 2.06. The Balaban J connectivity index is 2.94. The molecule has 3 heteroatoms. The summed E-state index contributed by atoms with van der Waals surface area (Å²) in [5, 5.41) is 0. The monoisotopic (exact) mass is 207 g/mol. The van der Waals surface area contributed by atoms with Crippen LogP contribution < -0.4 is 10.5 Å². The van der Waals surface area contributed by atoms with Crippen LogP contribution in [-0.2, 0) is 4.79 Å². The second-order valence-electron chi connectivity index (χ2n) is 3.52. The van der Waals surface area contributed by atoms with Crippen molar-refractivity contribution in [2.45, 2.75) is 25.7 Å². The number of carbonyl (C=O) groups excluding carboxylic acids is 1. The molecule has 0 heterocycles. The number of carbonyl (C=O) groups is 1. The molecule has 0 aromatic heterocycles. The van der Waals surface area contributed by atoms with Gasteiger partial charge in [0.25, 0.3) is 0 Å². The Bertz CT molecular complexity index is 336. The van der Waals surface area contributed by atoms with Crippen LogP contribution in [0.1, 0.15) is 31.2 Å². The molecule has 1 unspecified atom stereocenters. The average molecular weight is 207 g/mol. The molecule has 1 aromatic rings. The first-order valence-electron chi connectivity index (χ1n) is 5.12. The number of primary amides is 1. The molecule has 2 N–H and O–H groups in total. The normalized spacial score (nSPS) is 12.1. The quantitative estimate of drug-likeness (QED) is 0.803. The number of benzene rings is 1. The minimum Gasteiger partial charge on any atom is -0.497 e. The molecule has 15 heavy (non-hydrogen) atoms. The van der Waals surface area contributed by atoms with E-state index in [1.54, 1.807) is 7.11 Å². The molecule has 1 atom stereocenters. The summed E-state index contributed by atoms with van der Waals surface area (Å²) in [4.78, 5) is 11.3. The lowest BCUT2D eigenvalue weighted by atomic mass is 9.94. The molecular weight excluding hydrogens is 190 g/mol. The van der Waals surface area contributed by atoms with Gasteiger partial charge < -0.3 is 10.5 Å². The van der Waals surface area contributed by atoms with Crippen LogP contribution in [0, 0.1) is 0 Å². The SMILES string of the molecule is CCCC(C(N)=O)c1cccc(OC)c1. The number of hydrogen-bond donors (Lipinski definition) is 1. The molecule has 0 fully saturated rings. The van der Waals surface area contributed by atoms with Gasteiger partial charge in [-0.05, 0) is 24.1 Å². The number of methoxy groups -OCH3 is 1. The minimum absolute atomic E-state index is 0.204. The van der Waals surface area contributed by atoms with Crippen LogP contribution in [0.2, 0.25) is 0 Å². The van der Waals surface area contributed by atoms with Gasteiger partial charge in [-0.15, -0.1) is 0 Å². The fourth-order valence-electron chi connectivity index (χ4n) is 1.62. The molecule has 0 aliphatic heterocycles. The van der Waals surface area contributed by atoms with E-state index < -0.39 is 0 Å². The van der Waals surface area contributed by atoms with Crippen LogP contribution in [-0.4, -0.2) is 13.0 Å². The second-order valence-corrected chi connectivity index (χ2v) is 3.52. The smallest absolute Gasteiger partial charge is 0.224 e. The summed E-state index contributed by atoms with van der Waals surface area (Å²) in [6, 6.07) is 7.51. The maximum Gasteiger partial charge on any atom is 0.224 e. The van der Waals surface area contributed by atoms with E-state index in [2.05, 4.69) is 0 Å². The topological polar surface area (TPSA) is 52.3 Å². The van der Waals surface area contributed by atoms with Crippen LogP contribution in [0.3, 0.4) is 0 Å². The summed E-state index contributed by atoms with van der Waals surface area (Å²) in [6.45, 7) is 2.04. The third kappa shape index (κ3) is 2.98. The summed E-state index contributed by atoms with van der Waals surface area (Å²) in [6.07, 6.45) is 1.72. The van der Waals surface area contributed by atoms with Crippen LogP contribution in [0.4, 0.5) is 0 Å². The molecule has 0 aliphatic rings. The lowest BCUT2D eigenvalue weighted by Gasteiger charge is -2.13. The van der Waals surface area contributed by atoms with Crippen LogP contribution in [0.15, 0.2) is 24.3 Å². The van der Waals surface area contributed by atoms with E-state index >= 15 is 0 Å². The van der Waals surface area contributed by atoms with Gasteiger partial charge in [0, 0.05) is 0 Å². The molecular formula is C12H17NO2. The predicted molar refractivity (Wildman–Crippen MR) is 59.8 cm³/mol. The van der Waals surface area contributed by atoms with Gasteiger partial charge >= 0.3 is 0 Å². The third-order valence-corrected chi connectivity index (χ3v) is 2.42. The van der Waals surface area contributed by atoms with Crippen LogP contribution >= 0.6 is 0 Å². The van der Waals surface area contributed by atoms with Crippen molar-refractivity contribution in [3.8, 4) is 5.75 Å². The molecule has 0 saturated heterocycles. The highest BCUT2D eigenvalue weighted by molar-refractivity contribution is 5.82. The number of amides is 1. The minimum atomic E-state index is -0.273. The summed E-state index contributed by atoms with van der Waals surface area (Å²) in [5.41, 5.74) is 6.30. The second kappa shape index (κ2) is 5.39. The van der Waals surface area contributed by atoms with Crippen molar-refractivity contribution in [3.05, 3.63) is 29.8 Å². The highest BCUT2D eigenvalue weighted by Crippen LogP contribution is 2.24. The van der Waals surface area contributed by atoms with Gasteiger partial charge in [-0.25, -0.2) is 0 Å². The van der Waals surface area contributed by atoms with Crippen LogP contribution in [0.5, 0.6) is 5.75 Å². The lowest BCUT2D eigenvalue weighted by molar-refractivity contribution is -0.119. The molecule has 0 bridgehead atoms. The van der Waals surface area contributed by atoms with E-state index in [0.29, 0.717) is 0 Å². The third-order valence-electron chi connectivity index (χ3n) is 2.42. The van der Waals surface area contributed by atoms with E-state index in [9.17, 15) is 4.79 Å². The van der Waals surface area contributed by atoms with Crippen molar-refractivity contribution in [3.63, 3.8) is 0 Å². The van der Waals surface area contributed by atoms with Gasteiger partial charge in [-0.1, -0.05) is 25.5 Å². The first-order valence-corrected chi connectivity index (χ1v) is 5.12. The molecule has 3 nitrogen and oxygen atoms in total. The Morgan fingerprint density at radius 1 is 1.53 bits per heavy atom. The van der Waals surface area contributed by atoms with Crippen molar-refractivity contribution in [2.75, 3.05) is 7.11 Å². The zero-order valence-electron chi connectivity index (χ0n) is 9.19. The molecule has 0 aliphatic carbocycles. The van der Waals surface area contributed by atoms with E-state index in [-0.39, 0.29) is 11.8 Å². The van der Waals surface area contributed by atoms with Gasteiger partial charge in [0.05, 0.1) is 13.0 Å². The molecule has 1 aromatic carbocycles. The largest absolute Gasteiger partial charge is 0.497 e. The molecule has 82 valence electrons. The highest BCUT2D eigenvalue weighted by atomic mass is 16.5. The highest BCUT2D eigenvalue weighted by Gasteiger charge is 2.16. The summed E-state index contributed by atoms with van der Waals surface area (Å²) >= 11 is 0. The molecule has 0 saturated carbocycles. The number of hydrogen-bond acceptors (Lipinski definition) is 2. The number of ether oxygens (including phenoxy) is 1. The Hall–Kier alpha value is -1.51. The van der Waals surface area contributed by atoms with E-state index in [0.717, 1.165) is 24.2 Å². The number of nitrogens with two attached hydrogens (primary N) is 1. The maximum absolute atomic E-state index is 11.3. The standard InChI is InChI=1S/C12H17NO2/c1-3-5-11(12(13)14)9-6-4-7-10(8-9)15-2/h4,6-8,11H,3,5H2,1-2H3,(H2,13,14). The van der Waals surface area contributed by atoms with Gasteiger partial charge in [-0.2, -0.15) is 0 Å². The average Bonchev–Trinajstić information content (AvgIpc) is 2.25. The fraction of sp³-hybridized carbons (Fsp3) is 0.417.